The molecule has 9 heavy (non-hydrogen) atoms. The Balaban J connectivity index is 0. The van der Waals surface area contributed by atoms with E-state index >= 15 is 0 Å². The molecule has 0 spiro atoms. The Kier molecular flexibility index (Phi) is 10.3. The van der Waals surface area contributed by atoms with E-state index in [1.54, 1.807) is 0 Å². The van der Waals surface area contributed by atoms with Gasteiger partial charge in [-0.2, -0.15) is 0 Å². The Morgan fingerprint density at radius 3 is 2.22 bits per heavy atom. The van der Waals surface area contributed by atoms with Crippen LogP contribution in [0.4, 0.5) is 0 Å². The van der Waals surface area contributed by atoms with Gasteiger partial charge in [-0.05, 0) is 0 Å². The normalized spacial score (nSPS) is 12.9. The zero-order chi connectivity index (χ0) is 6.41. The van der Waals surface area contributed by atoms with Crippen molar-refractivity contribution in [3.8, 4) is 0 Å². The number of halogens is 1. The fraction of sp³-hybridized carbons (Fsp3) is 0.167. The zero-order valence-electron chi connectivity index (χ0n) is 4.54. The summed E-state index contributed by atoms with van der Waals surface area (Å²) in [5.74, 6) is 0. The van der Waals surface area contributed by atoms with Gasteiger partial charge in [0.25, 0.3) is 6.79 Å². The summed E-state index contributed by atoms with van der Waals surface area (Å²) in [6.45, 7) is 4.50. The first-order valence-corrected chi connectivity index (χ1v) is 2.57. The average Bonchev–Trinajstić information content (AvgIpc) is 2.24. The first-order chi connectivity index (χ1) is 3.89. The molecule has 2 radical (unpaired) electrons. The summed E-state index contributed by atoms with van der Waals surface area (Å²) >= 11 is 4.53. The van der Waals surface area contributed by atoms with Gasteiger partial charge < -0.3 is 12.4 Å². The molecule has 0 fully saturated rings. The van der Waals surface area contributed by atoms with E-state index in [4.69, 9.17) is 4.79 Å². The van der Waals surface area contributed by atoms with Crippen LogP contribution >= 0.6 is 0 Å². The molecule has 1 nitrogen and oxygen atoms in total. The van der Waals surface area contributed by atoms with Crippen LogP contribution in [0.15, 0.2) is 22.8 Å². The molecule has 1 rings (SSSR count). The fourth-order valence-electron chi connectivity index (χ4n) is 0.408. The third kappa shape index (κ3) is 5.81. The Morgan fingerprint density at radius 1 is 1.56 bits per heavy atom. The molecular weight excluding hydrogens is 182 g/mol. The molecule has 0 aromatic heterocycles. The molecule has 0 saturated carbocycles. The molecular formula is C6H5ClNiO. The number of hydrogen-bond donors (Lipinski definition) is 0. The zero-order valence-corrected chi connectivity index (χ0v) is 6.29. The second-order valence-corrected chi connectivity index (χ2v) is 1.84. The minimum atomic E-state index is 0. The van der Waals surface area contributed by atoms with Crippen molar-refractivity contribution < 1.29 is 32.7 Å². The summed E-state index contributed by atoms with van der Waals surface area (Å²) in [4.78, 5) is 7.50. The quantitative estimate of drug-likeness (QED) is 0.400. The Morgan fingerprint density at radius 2 is 2.11 bits per heavy atom. The van der Waals surface area contributed by atoms with Gasteiger partial charge in [0, 0.05) is 0 Å². The van der Waals surface area contributed by atoms with Gasteiger partial charge in [-0.15, -0.1) is 0 Å². The Hall–Kier alpha value is -0.0665. The standard InChI is InChI=1S/C5H5.CO.ClH.Ni/c1-2-4-5-3-1;1-2;;/h1-3H,4H2;;1H;/q;;;+1/p-1. The summed E-state index contributed by atoms with van der Waals surface area (Å²) < 4.78 is 1.09. The van der Waals surface area contributed by atoms with Crippen LogP contribution in [0, 0.1) is 0 Å². The van der Waals surface area contributed by atoms with Crippen LogP contribution in [0.2, 0.25) is 0 Å². The second-order valence-electron chi connectivity index (χ2n) is 1.21. The maximum absolute atomic E-state index is 7.50. The van der Waals surface area contributed by atoms with E-state index in [0.717, 1.165) is 11.0 Å². The second kappa shape index (κ2) is 7.93. The summed E-state index contributed by atoms with van der Waals surface area (Å²) in [6.07, 6.45) is 7.04. The van der Waals surface area contributed by atoms with Crippen molar-refractivity contribution >= 4 is 6.79 Å². The molecule has 0 amide bonds. The van der Waals surface area contributed by atoms with Crippen LogP contribution in [-0.4, -0.2) is 6.79 Å². The van der Waals surface area contributed by atoms with Crippen LogP contribution < -0.4 is 12.4 Å². The van der Waals surface area contributed by atoms with Gasteiger partial charge in [0.05, 0.1) is 0 Å². The van der Waals surface area contributed by atoms with E-state index in [2.05, 4.69) is 28.3 Å². The third-order valence-corrected chi connectivity index (χ3v) is 1.07. The average molecular weight is 187 g/mol. The van der Waals surface area contributed by atoms with E-state index in [1.165, 1.54) is 0 Å². The van der Waals surface area contributed by atoms with E-state index in [0.29, 0.717) is 0 Å². The Bertz CT molecular complexity index is 120. The molecule has 0 unspecified atom stereocenters. The van der Waals surface area contributed by atoms with Crippen LogP contribution in [-0.2, 0) is 20.3 Å². The van der Waals surface area contributed by atoms with Crippen molar-refractivity contribution in [3.63, 3.8) is 0 Å². The first kappa shape index (κ1) is 11.7. The minimum absolute atomic E-state index is 0. The van der Waals surface area contributed by atoms with Gasteiger partial charge in [-0.1, -0.05) is 0 Å². The molecule has 0 atom stereocenters. The molecule has 52 valence electrons. The fourth-order valence-corrected chi connectivity index (χ4v) is 0.619. The number of rotatable bonds is 0. The molecule has 3 heteroatoms. The molecule has 0 N–H and O–H groups in total. The SMILES string of the molecule is [C]=O.[Cl-].[Ni+][C]1=CC=CC1. The predicted molar refractivity (Wildman–Crippen MR) is 27.5 cm³/mol. The molecule has 0 aromatic carbocycles. The van der Waals surface area contributed by atoms with E-state index in [-0.39, 0.29) is 12.4 Å². The van der Waals surface area contributed by atoms with Gasteiger partial charge in [0.15, 0.2) is 0 Å². The topological polar surface area (TPSA) is 17.1 Å². The van der Waals surface area contributed by atoms with Gasteiger partial charge >= 0.3 is 44.7 Å². The van der Waals surface area contributed by atoms with Gasteiger partial charge in [-0.3, -0.25) is 4.79 Å². The van der Waals surface area contributed by atoms with Gasteiger partial charge in [-0.25, -0.2) is 0 Å². The van der Waals surface area contributed by atoms with Crippen LogP contribution in [0.5, 0.6) is 0 Å². The van der Waals surface area contributed by atoms with E-state index in [9.17, 15) is 0 Å². The summed E-state index contributed by atoms with van der Waals surface area (Å²) in [5, 5.41) is 0. The van der Waals surface area contributed by atoms with Crippen molar-refractivity contribution in [2.24, 2.45) is 0 Å². The molecule has 0 aromatic rings. The van der Waals surface area contributed by atoms with Crippen molar-refractivity contribution in [3.05, 3.63) is 22.8 Å². The Labute approximate surface area is 69.0 Å². The maximum atomic E-state index is 7.50. The van der Waals surface area contributed by atoms with E-state index in [1.807, 2.05) is 12.2 Å². The van der Waals surface area contributed by atoms with Crippen molar-refractivity contribution in [2.75, 3.05) is 0 Å². The van der Waals surface area contributed by atoms with Gasteiger partial charge in [0.1, 0.15) is 0 Å². The number of allylic oxidation sites excluding steroid dienone is 4. The molecule has 1 aliphatic carbocycles. The molecule has 0 heterocycles. The summed E-state index contributed by atoms with van der Waals surface area (Å²) in [6, 6.07) is 0. The monoisotopic (exact) mass is 186 g/mol. The van der Waals surface area contributed by atoms with Crippen molar-refractivity contribution in [1.82, 2.24) is 0 Å². The number of carbonyl (C=O) groups excluding carboxylic acids is 1. The summed E-state index contributed by atoms with van der Waals surface area (Å²) in [7, 11) is 0. The number of hydrogen-bond acceptors (Lipinski definition) is 1. The van der Waals surface area contributed by atoms with E-state index < -0.39 is 0 Å². The first-order valence-electron chi connectivity index (χ1n) is 2.08. The van der Waals surface area contributed by atoms with Gasteiger partial charge in [0.2, 0.25) is 0 Å². The van der Waals surface area contributed by atoms with Crippen molar-refractivity contribution in [1.29, 1.82) is 0 Å². The van der Waals surface area contributed by atoms with Crippen LogP contribution in [0.1, 0.15) is 6.42 Å². The van der Waals surface area contributed by atoms with Crippen LogP contribution in [0.25, 0.3) is 0 Å². The van der Waals surface area contributed by atoms with Crippen LogP contribution in [0.3, 0.4) is 0 Å². The van der Waals surface area contributed by atoms with Crippen molar-refractivity contribution in [2.45, 2.75) is 6.42 Å². The molecule has 0 aliphatic heterocycles. The predicted octanol–water partition coefficient (Wildman–Crippen LogP) is -2.02. The molecule has 0 saturated heterocycles. The third-order valence-electron chi connectivity index (χ3n) is 0.703. The summed E-state index contributed by atoms with van der Waals surface area (Å²) in [5.41, 5.74) is 0. The molecule has 1 aliphatic rings. The molecule has 0 bridgehead atoms.